The number of methoxy groups -OCH3 is 3. The predicted molar refractivity (Wildman–Crippen MR) is 67.7 cm³/mol. The van der Waals surface area contributed by atoms with Crippen molar-refractivity contribution in [3.63, 3.8) is 0 Å². The fraction of sp³-hybridized carbons (Fsp3) is 0.917. The first-order valence-corrected chi connectivity index (χ1v) is 5.80. The summed E-state index contributed by atoms with van der Waals surface area (Å²) in [5.74, 6) is -0.264. The van der Waals surface area contributed by atoms with Gasteiger partial charge < -0.3 is 23.7 Å². The van der Waals surface area contributed by atoms with Gasteiger partial charge in [0.1, 0.15) is 6.10 Å². The van der Waals surface area contributed by atoms with Crippen molar-refractivity contribution >= 4 is 5.97 Å². The average Bonchev–Trinajstić information content (AvgIpc) is 2.29. The van der Waals surface area contributed by atoms with Crippen molar-refractivity contribution in [2.75, 3.05) is 54.4 Å². The van der Waals surface area contributed by atoms with Crippen molar-refractivity contribution in [1.29, 1.82) is 0 Å². The number of carbonyl (C=O) groups is 1. The summed E-state index contributed by atoms with van der Waals surface area (Å²) in [6.45, 7) is 6.24. The standard InChI is InChI=1S/C6H14O3.C6H12O3/c1-7-3-5-9-6-4-8-2;1-5(4-8-3)9-6(2)7/h3-6H2,1-2H3;5H,4H2,1-3H3. The van der Waals surface area contributed by atoms with Crippen LogP contribution in [-0.4, -0.2) is 66.4 Å². The van der Waals surface area contributed by atoms with E-state index in [4.69, 9.17) is 23.7 Å². The molecule has 1 unspecified atom stereocenters. The molecule has 0 amide bonds. The van der Waals surface area contributed by atoms with Gasteiger partial charge in [-0.15, -0.1) is 0 Å². The monoisotopic (exact) mass is 266 g/mol. The SMILES string of the molecule is COCC(C)OC(C)=O.COCCOCCOC. The number of carbonyl (C=O) groups excluding carboxylic acids is 1. The van der Waals surface area contributed by atoms with Crippen molar-refractivity contribution in [2.24, 2.45) is 0 Å². The molecule has 0 saturated heterocycles. The van der Waals surface area contributed by atoms with Gasteiger partial charge in [-0.25, -0.2) is 0 Å². The van der Waals surface area contributed by atoms with E-state index >= 15 is 0 Å². The molecule has 0 bridgehead atoms. The van der Waals surface area contributed by atoms with Crippen LogP contribution in [0.1, 0.15) is 13.8 Å². The minimum Gasteiger partial charge on any atom is -0.460 e. The van der Waals surface area contributed by atoms with Gasteiger partial charge >= 0.3 is 5.97 Å². The molecule has 0 aromatic rings. The Labute approximate surface area is 109 Å². The second-order valence-corrected chi connectivity index (χ2v) is 3.47. The van der Waals surface area contributed by atoms with Crippen LogP contribution >= 0.6 is 0 Å². The molecule has 0 N–H and O–H groups in total. The molecule has 0 aromatic heterocycles. The zero-order valence-electron chi connectivity index (χ0n) is 12.1. The number of hydrogen-bond donors (Lipinski definition) is 0. The second-order valence-electron chi connectivity index (χ2n) is 3.47. The van der Waals surface area contributed by atoms with E-state index in [1.807, 2.05) is 0 Å². The van der Waals surface area contributed by atoms with Gasteiger partial charge in [0.2, 0.25) is 0 Å². The predicted octanol–water partition coefficient (Wildman–Crippen LogP) is 0.880. The zero-order chi connectivity index (χ0) is 14.2. The van der Waals surface area contributed by atoms with Crippen LogP contribution in [0.2, 0.25) is 0 Å². The lowest BCUT2D eigenvalue weighted by atomic mass is 10.4. The lowest BCUT2D eigenvalue weighted by Gasteiger charge is -2.08. The lowest BCUT2D eigenvalue weighted by molar-refractivity contribution is -0.147. The number of ether oxygens (including phenoxy) is 5. The van der Waals surface area contributed by atoms with Gasteiger partial charge in [-0.3, -0.25) is 4.79 Å². The van der Waals surface area contributed by atoms with Gasteiger partial charge in [0.25, 0.3) is 0 Å². The van der Waals surface area contributed by atoms with E-state index in [0.717, 1.165) is 0 Å². The Kier molecular flexibility index (Phi) is 17.8. The highest BCUT2D eigenvalue weighted by atomic mass is 16.6. The summed E-state index contributed by atoms with van der Waals surface area (Å²) in [4.78, 5) is 10.3. The normalized spacial score (nSPS) is 11.4. The highest BCUT2D eigenvalue weighted by Crippen LogP contribution is 1.90. The minimum atomic E-state index is -0.264. The molecule has 0 saturated carbocycles. The summed E-state index contributed by atoms with van der Waals surface area (Å²) in [6.07, 6.45) is -0.132. The molecule has 0 aliphatic rings. The van der Waals surface area contributed by atoms with Crippen molar-refractivity contribution in [1.82, 2.24) is 0 Å². The van der Waals surface area contributed by atoms with Crippen LogP contribution < -0.4 is 0 Å². The molecule has 110 valence electrons. The van der Waals surface area contributed by atoms with Crippen LogP contribution in [0.15, 0.2) is 0 Å². The van der Waals surface area contributed by atoms with Gasteiger partial charge in [0.15, 0.2) is 0 Å². The van der Waals surface area contributed by atoms with Crippen molar-refractivity contribution in [3.05, 3.63) is 0 Å². The molecule has 6 heteroatoms. The van der Waals surface area contributed by atoms with Crippen LogP contribution in [0, 0.1) is 0 Å². The Hall–Kier alpha value is -0.690. The third kappa shape index (κ3) is 20.7. The number of hydrogen-bond acceptors (Lipinski definition) is 6. The Balaban J connectivity index is 0. The fourth-order valence-corrected chi connectivity index (χ4v) is 0.939. The van der Waals surface area contributed by atoms with E-state index in [1.54, 1.807) is 28.3 Å². The summed E-state index contributed by atoms with van der Waals surface area (Å²) < 4.78 is 24.0. The molecular weight excluding hydrogens is 240 g/mol. The molecule has 0 aromatic carbocycles. The van der Waals surface area contributed by atoms with Gasteiger partial charge in [-0.05, 0) is 6.92 Å². The Morgan fingerprint density at radius 2 is 1.44 bits per heavy atom. The molecular formula is C12H26O6. The van der Waals surface area contributed by atoms with Crippen LogP contribution in [0.4, 0.5) is 0 Å². The van der Waals surface area contributed by atoms with E-state index in [-0.39, 0.29) is 12.1 Å². The van der Waals surface area contributed by atoms with Gasteiger partial charge in [0.05, 0.1) is 33.0 Å². The molecule has 1 atom stereocenters. The summed E-state index contributed by atoms with van der Waals surface area (Å²) in [7, 11) is 4.87. The minimum absolute atomic E-state index is 0.132. The van der Waals surface area contributed by atoms with E-state index in [2.05, 4.69) is 0 Å². The van der Waals surface area contributed by atoms with Gasteiger partial charge in [0, 0.05) is 28.3 Å². The van der Waals surface area contributed by atoms with Gasteiger partial charge in [-0.2, -0.15) is 0 Å². The van der Waals surface area contributed by atoms with Crippen LogP contribution in [0.25, 0.3) is 0 Å². The van der Waals surface area contributed by atoms with E-state index in [1.165, 1.54) is 6.92 Å². The smallest absolute Gasteiger partial charge is 0.302 e. The van der Waals surface area contributed by atoms with E-state index < -0.39 is 0 Å². The summed E-state index contributed by atoms with van der Waals surface area (Å²) in [6, 6.07) is 0. The first-order valence-electron chi connectivity index (χ1n) is 5.80. The van der Waals surface area contributed by atoms with Gasteiger partial charge in [-0.1, -0.05) is 0 Å². The third-order valence-electron chi connectivity index (χ3n) is 1.63. The quantitative estimate of drug-likeness (QED) is 0.456. The summed E-state index contributed by atoms with van der Waals surface area (Å²) in [5.41, 5.74) is 0. The molecule has 18 heavy (non-hydrogen) atoms. The topological polar surface area (TPSA) is 63.2 Å². The molecule has 6 nitrogen and oxygen atoms in total. The van der Waals surface area contributed by atoms with E-state index in [0.29, 0.717) is 33.0 Å². The average molecular weight is 266 g/mol. The first kappa shape index (κ1) is 19.6. The summed E-state index contributed by atoms with van der Waals surface area (Å²) >= 11 is 0. The maximum Gasteiger partial charge on any atom is 0.302 e. The summed E-state index contributed by atoms with van der Waals surface area (Å²) in [5, 5.41) is 0. The number of rotatable bonds is 9. The molecule has 0 fully saturated rings. The van der Waals surface area contributed by atoms with Crippen LogP contribution in [0.3, 0.4) is 0 Å². The Bertz CT molecular complexity index is 168. The van der Waals surface area contributed by atoms with Crippen LogP contribution in [-0.2, 0) is 28.5 Å². The lowest BCUT2D eigenvalue weighted by Crippen LogP contribution is -2.17. The zero-order valence-corrected chi connectivity index (χ0v) is 12.1. The maximum absolute atomic E-state index is 10.3. The molecule has 0 spiro atoms. The molecule has 0 aliphatic carbocycles. The van der Waals surface area contributed by atoms with Crippen molar-refractivity contribution in [2.45, 2.75) is 20.0 Å². The highest BCUT2D eigenvalue weighted by molar-refractivity contribution is 5.66. The Morgan fingerprint density at radius 1 is 0.944 bits per heavy atom. The molecule has 0 radical (unpaired) electrons. The third-order valence-corrected chi connectivity index (χ3v) is 1.63. The maximum atomic E-state index is 10.3. The van der Waals surface area contributed by atoms with E-state index in [9.17, 15) is 4.79 Å². The van der Waals surface area contributed by atoms with Crippen molar-refractivity contribution < 1.29 is 28.5 Å². The number of esters is 1. The van der Waals surface area contributed by atoms with Crippen LogP contribution in [0.5, 0.6) is 0 Å². The molecule has 0 heterocycles. The fourth-order valence-electron chi connectivity index (χ4n) is 0.939. The second kappa shape index (κ2) is 16.3. The molecule has 0 rings (SSSR count). The first-order chi connectivity index (χ1) is 8.58. The highest BCUT2D eigenvalue weighted by Gasteiger charge is 2.02. The van der Waals surface area contributed by atoms with Crippen molar-refractivity contribution in [3.8, 4) is 0 Å². The largest absolute Gasteiger partial charge is 0.460 e. The molecule has 0 aliphatic heterocycles. The Morgan fingerprint density at radius 3 is 1.78 bits per heavy atom.